The fourth-order valence-electron chi connectivity index (χ4n) is 3.18. The van der Waals surface area contributed by atoms with Gasteiger partial charge in [-0.05, 0) is 36.6 Å². The highest BCUT2D eigenvalue weighted by atomic mass is 79.9. The third kappa shape index (κ3) is 2.81. The number of hydrogen-bond donors (Lipinski definition) is 2. The zero-order valence-corrected chi connectivity index (χ0v) is 12.6. The van der Waals surface area contributed by atoms with Crippen LogP contribution >= 0.6 is 15.9 Å². The summed E-state index contributed by atoms with van der Waals surface area (Å²) in [5.74, 6) is 1.000. The zero-order valence-electron chi connectivity index (χ0n) is 11.0. The molecule has 19 heavy (non-hydrogen) atoms. The van der Waals surface area contributed by atoms with E-state index in [1.165, 1.54) is 18.4 Å². The molecule has 0 bridgehead atoms. The Labute approximate surface area is 122 Å². The van der Waals surface area contributed by atoms with E-state index >= 15 is 0 Å². The maximum atomic E-state index is 9.59. The first-order chi connectivity index (χ1) is 9.21. The van der Waals surface area contributed by atoms with E-state index in [0.717, 1.165) is 36.0 Å². The molecule has 0 aromatic heterocycles. The molecule has 1 heterocycles. The smallest absolute Gasteiger partial charge is 0.123 e. The molecular weight excluding hydrogens is 306 g/mol. The Morgan fingerprint density at radius 3 is 2.89 bits per heavy atom. The second kappa shape index (κ2) is 5.43. The summed E-state index contributed by atoms with van der Waals surface area (Å²) < 4.78 is 7.05. The van der Waals surface area contributed by atoms with E-state index < -0.39 is 0 Å². The summed E-state index contributed by atoms with van der Waals surface area (Å²) in [5, 5.41) is 13.1. The first-order valence-electron chi connectivity index (χ1n) is 7.02. The summed E-state index contributed by atoms with van der Waals surface area (Å²) in [6, 6.07) is 6.17. The van der Waals surface area contributed by atoms with Gasteiger partial charge in [0.1, 0.15) is 11.9 Å². The molecule has 0 spiro atoms. The lowest BCUT2D eigenvalue weighted by Gasteiger charge is -2.29. The van der Waals surface area contributed by atoms with Crippen molar-refractivity contribution in [2.24, 2.45) is 0 Å². The highest BCUT2D eigenvalue weighted by Crippen LogP contribution is 2.32. The van der Waals surface area contributed by atoms with Crippen molar-refractivity contribution in [3.8, 4) is 5.75 Å². The predicted octanol–water partition coefficient (Wildman–Crippen LogP) is 2.65. The van der Waals surface area contributed by atoms with Gasteiger partial charge in [-0.3, -0.25) is 0 Å². The average molecular weight is 326 g/mol. The molecule has 3 nitrogen and oxygen atoms in total. The van der Waals surface area contributed by atoms with Gasteiger partial charge in [0.05, 0.1) is 6.61 Å². The highest BCUT2D eigenvalue weighted by molar-refractivity contribution is 9.10. The monoisotopic (exact) mass is 325 g/mol. The molecule has 0 saturated heterocycles. The number of aliphatic hydroxyl groups excluding tert-OH is 1. The highest BCUT2D eigenvalue weighted by Gasteiger charge is 2.34. The van der Waals surface area contributed by atoms with Crippen molar-refractivity contribution in [2.75, 3.05) is 13.2 Å². The molecule has 2 N–H and O–H groups in total. The van der Waals surface area contributed by atoms with Gasteiger partial charge in [0.25, 0.3) is 0 Å². The predicted molar refractivity (Wildman–Crippen MR) is 78.5 cm³/mol. The van der Waals surface area contributed by atoms with Crippen LogP contribution in [0.1, 0.15) is 31.2 Å². The van der Waals surface area contributed by atoms with Crippen molar-refractivity contribution in [1.29, 1.82) is 0 Å². The fourth-order valence-corrected chi connectivity index (χ4v) is 3.58. The third-order valence-corrected chi connectivity index (χ3v) is 4.83. The van der Waals surface area contributed by atoms with Crippen LogP contribution < -0.4 is 10.1 Å². The molecule has 1 fully saturated rings. The number of rotatable bonds is 4. The number of aliphatic hydroxyl groups is 1. The van der Waals surface area contributed by atoms with Crippen molar-refractivity contribution in [1.82, 2.24) is 5.32 Å². The molecule has 1 aromatic rings. The maximum absolute atomic E-state index is 9.59. The summed E-state index contributed by atoms with van der Waals surface area (Å²) in [6.07, 6.45) is 5.72. The molecule has 3 rings (SSSR count). The minimum Gasteiger partial charge on any atom is -0.488 e. The average Bonchev–Trinajstić information content (AvgIpc) is 3.02. The lowest BCUT2D eigenvalue weighted by molar-refractivity contribution is 0.141. The zero-order chi connectivity index (χ0) is 13.3. The van der Waals surface area contributed by atoms with E-state index in [0.29, 0.717) is 0 Å². The topological polar surface area (TPSA) is 41.5 Å². The molecule has 1 aromatic carbocycles. The van der Waals surface area contributed by atoms with Crippen molar-refractivity contribution in [3.63, 3.8) is 0 Å². The maximum Gasteiger partial charge on any atom is 0.123 e. The number of ether oxygens (including phenoxy) is 1. The van der Waals surface area contributed by atoms with Crippen LogP contribution in [0.4, 0.5) is 0 Å². The normalized spacial score (nSPS) is 24.2. The second-order valence-corrected chi connectivity index (χ2v) is 6.64. The Morgan fingerprint density at radius 2 is 2.16 bits per heavy atom. The van der Waals surface area contributed by atoms with E-state index in [-0.39, 0.29) is 18.2 Å². The van der Waals surface area contributed by atoms with Gasteiger partial charge >= 0.3 is 0 Å². The molecule has 1 atom stereocenters. The van der Waals surface area contributed by atoms with E-state index in [2.05, 4.69) is 27.3 Å². The van der Waals surface area contributed by atoms with Crippen molar-refractivity contribution in [3.05, 3.63) is 28.2 Å². The van der Waals surface area contributed by atoms with Crippen LogP contribution in [0.15, 0.2) is 22.7 Å². The number of benzene rings is 1. The van der Waals surface area contributed by atoms with Crippen molar-refractivity contribution in [2.45, 2.75) is 43.7 Å². The van der Waals surface area contributed by atoms with E-state index in [1.54, 1.807) is 0 Å². The second-order valence-electron chi connectivity index (χ2n) is 5.72. The first kappa shape index (κ1) is 13.4. The summed E-state index contributed by atoms with van der Waals surface area (Å²) >= 11 is 3.49. The summed E-state index contributed by atoms with van der Waals surface area (Å²) in [6.45, 7) is 1.05. The van der Waals surface area contributed by atoms with Gasteiger partial charge in [0, 0.05) is 23.0 Å². The van der Waals surface area contributed by atoms with Gasteiger partial charge in [-0.15, -0.1) is 0 Å². The van der Waals surface area contributed by atoms with E-state index in [4.69, 9.17) is 4.74 Å². The lowest BCUT2D eigenvalue weighted by atomic mass is 9.98. The Morgan fingerprint density at radius 1 is 1.37 bits per heavy atom. The Hall–Kier alpha value is -0.580. The largest absolute Gasteiger partial charge is 0.488 e. The van der Waals surface area contributed by atoms with Crippen LogP contribution in [0, 0.1) is 0 Å². The van der Waals surface area contributed by atoms with Crippen LogP contribution in [0.25, 0.3) is 0 Å². The van der Waals surface area contributed by atoms with Crippen LogP contribution in [0.5, 0.6) is 5.75 Å². The molecule has 1 aliphatic carbocycles. The van der Waals surface area contributed by atoms with Crippen LogP contribution in [-0.2, 0) is 6.42 Å². The molecule has 0 radical (unpaired) electrons. The standard InChI is InChI=1S/C15H20BrNO2/c16-12-3-4-14-11(7-12)8-13(19-14)9-17-15(10-18)5-1-2-6-15/h3-4,7,13,17-18H,1-2,5-6,8-10H2. The van der Waals surface area contributed by atoms with Crippen LogP contribution in [-0.4, -0.2) is 29.9 Å². The van der Waals surface area contributed by atoms with E-state index in [1.807, 2.05) is 12.1 Å². The molecule has 0 amide bonds. The van der Waals surface area contributed by atoms with Gasteiger partial charge in [-0.2, -0.15) is 0 Å². The van der Waals surface area contributed by atoms with E-state index in [9.17, 15) is 5.11 Å². The molecular formula is C15H20BrNO2. The first-order valence-corrected chi connectivity index (χ1v) is 7.81. The number of hydrogen-bond acceptors (Lipinski definition) is 3. The minimum atomic E-state index is -0.0568. The third-order valence-electron chi connectivity index (χ3n) is 4.33. The summed E-state index contributed by atoms with van der Waals surface area (Å²) in [4.78, 5) is 0. The van der Waals surface area contributed by atoms with Crippen LogP contribution in [0.2, 0.25) is 0 Å². The number of fused-ring (bicyclic) bond motifs is 1. The molecule has 1 aliphatic heterocycles. The molecule has 4 heteroatoms. The van der Waals surface area contributed by atoms with Crippen LogP contribution in [0.3, 0.4) is 0 Å². The van der Waals surface area contributed by atoms with Gasteiger partial charge in [-0.1, -0.05) is 28.8 Å². The quantitative estimate of drug-likeness (QED) is 0.894. The molecule has 1 saturated carbocycles. The molecule has 1 unspecified atom stereocenters. The van der Waals surface area contributed by atoms with Gasteiger partial charge < -0.3 is 15.2 Å². The van der Waals surface area contributed by atoms with Gasteiger partial charge in [-0.25, -0.2) is 0 Å². The van der Waals surface area contributed by atoms with Gasteiger partial charge in [0.15, 0.2) is 0 Å². The molecule has 104 valence electrons. The SMILES string of the molecule is OCC1(NCC2Cc3cc(Br)ccc3O2)CCCC1. The number of halogens is 1. The van der Waals surface area contributed by atoms with Gasteiger partial charge in [0.2, 0.25) is 0 Å². The Bertz CT molecular complexity index is 457. The van der Waals surface area contributed by atoms with Crippen molar-refractivity contribution >= 4 is 15.9 Å². The minimum absolute atomic E-state index is 0.0568. The molecule has 2 aliphatic rings. The fraction of sp³-hybridized carbons (Fsp3) is 0.600. The Kier molecular flexibility index (Phi) is 3.83. The summed E-state index contributed by atoms with van der Waals surface area (Å²) in [7, 11) is 0. The Balaban J connectivity index is 1.58. The lowest BCUT2D eigenvalue weighted by Crippen LogP contribution is -2.49. The number of nitrogens with one attached hydrogen (secondary N) is 1. The van der Waals surface area contributed by atoms with Crippen molar-refractivity contribution < 1.29 is 9.84 Å². The summed E-state index contributed by atoms with van der Waals surface area (Å²) in [5.41, 5.74) is 1.21.